The van der Waals surface area contributed by atoms with Crippen LogP contribution in [0.4, 0.5) is 13.2 Å². The van der Waals surface area contributed by atoms with Crippen LogP contribution in [0, 0.1) is 0 Å². The summed E-state index contributed by atoms with van der Waals surface area (Å²) < 4.78 is 67.0. The van der Waals surface area contributed by atoms with E-state index < -0.39 is 51.7 Å². The van der Waals surface area contributed by atoms with Crippen molar-refractivity contribution in [3.63, 3.8) is 0 Å². The van der Waals surface area contributed by atoms with Gasteiger partial charge in [-0.1, -0.05) is 12.1 Å². The van der Waals surface area contributed by atoms with Gasteiger partial charge in [-0.3, -0.25) is 9.69 Å². The minimum absolute atomic E-state index is 0.0686. The molecule has 2 aliphatic heterocycles. The average Bonchev–Trinajstić information content (AvgIpc) is 3.17. The van der Waals surface area contributed by atoms with E-state index in [2.05, 4.69) is 0 Å². The van der Waals surface area contributed by atoms with Crippen LogP contribution in [0.1, 0.15) is 18.4 Å². The summed E-state index contributed by atoms with van der Waals surface area (Å²) >= 11 is 0. The first-order valence-corrected chi connectivity index (χ1v) is 10.9. The minimum atomic E-state index is -4.84. The number of rotatable bonds is 4. The van der Waals surface area contributed by atoms with Crippen LogP contribution in [0.25, 0.3) is 0 Å². The number of benzene rings is 1. The highest BCUT2D eigenvalue weighted by Crippen LogP contribution is 2.35. The Bertz CT molecular complexity index is 899. The van der Waals surface area contributed by atoms with E-state index in [1.54, 1.807) is 11.9 Å². The monoisotopic (exact) mass is 449 g/mol. The lowest BCUT2D eigenvalue weighted by atomic mass is 9.77. The Labute approximate surface area is 173 Å². The van der Waals surface area contributed by atoms with Crippen LogP contribution in [0.5, 0.6) is 0 Å². The number of piperazine rings is 1. The second-order valence-corrected chi connectivity index (χ2v) is 9.41. The van der Waals surface area contributed by atoms with Gasteiger partial charge in [0.2, 0.25) is 15.9 Å². The first-order chi connectivity index (χ1) is 13.9. The molecule has 1 aromatic carbocycles. The molecule has 3 rings (SSSR count). The van der Waals surface area contributed by atoms with E-state index in [4.69, 9.17) is 0 Å². The molecular formula is C17H23BF3N3O5S. The van der Waals surface area contributed by atoms with Crippen molar-refractivity contribution in [2.45, 2.75) is 35.9 Å². The fourth-order valence-electron chi connectivity index (χ4n) is 3.97. The standard InChI is InChI=1S/C17H23BF3N3O5S/c1-22-9-10-23(11-13(22)16(25)24-8-4-7-15(24)18(26)27)30(28,29)14-6-3-2-5-12(14)17(19,20)21/h2-3,5-6,13,15,26-27H,4,7-11H2,1H3/t13?,15-/m0/s1. The number of likely N-dealkylation sites (tertiary alicyclic amines) is 1. The lowest BCUT2D eigenvalue weighted by Gasteiger charge is -2.40. The molecule has 1 unspecified atom stereocenters. The number of sulfonamides is 1. The summed E-state index contributed by atoms with van der Waals surface area (Å²) in [7, 11) is -4.60. The van der Waals surface area contributed by atoms with Crippen LogP contribution in [-0.4, -0.2) is 90.8 Å². The Balaban J connectivity index is 1.88. The van der Waals surface area contributed by atoms with Gasteiger partial charge in [0.25, 0.3) is 0 Å². The maximum atomic E-state index is 13.3. The molecule has 1 amide bonds. The molecule has 8 nitrogen and oxygen atoms in total. The Kier molecular flexibility index (Phi) is 6.49. The molecule has 13 heteroatoms. The second kappa shape index (κ2) is 8.46. The number of hydrogen-bond acceptors (Lipinski definition) is 6. The fraction of sp³-hybridized carbons (Fsp3) is 0.588. The lowest BCUT2D eigenvalue weighted by Crippen LogP contribution is -2.61. The van der Waals surface area contributed by atoms with Crippen LogP contribution in [0.15, 0.2) is 29.2 Å². The molecule has 2 fully saturated rings. The number of alkyl halides is 3. The van der Waals surface area contributed by atoms with Crippen LogP contribution in [0.2, 0.25) is 0 Å². The van der Waals surface area contributed by atoms with Gasteiger partial charge < -0.3 is 14.9 Å². The van der Waals surface area contributed by atoms with E-state index >= 15 is 0 Å². The van der Waals surface area contributed by atoms with Gasteiger partial charge in [-0.25, -0.2) is 8.42 Å². The molecule has 30 heavy (non-hydrogen) atoms. The van der Waals surface area contributed by atoms with Crippen molar-refractivity contribution in [1.82, 2.24) is 14.1 Å². The molecule has 2 N–H and O–H groups in total. The number of amides is 1. The third-order valence-corrected chi connectivity index (χ3v) is 7.56. The van der Waals surface area contributed by atoms with Gasteiger partial charge in [0, 0.05) is 26.2 Å². The average molecular weight is 449 g/mol. The van der Waals surface area contributed by atoms with Crippen molar-refractivity contribution >= 4 is 23.0 Å². The summed E-state index contributed by atoms with van der Waals surface area (Å²) in [4.78, 5) is 15.1. The third-order valence-electron chi connectivity index (χ3n) is 5.63. The molecule has 0 aromatic heterocycles. The molecule has 0 radical (unpaired) electrons. The normalized spacial score (nSPS) is 24.3. The molecule has 2 atom stereocenters. The van der Waals surface area contributed by atoms with Gasteiger partial charge in [-0.2, -0.15) is 17.5 Å². The Morgan fingerprint density at radius 1 is 1.17 bits per heavy atom. The molecule has 2 aliphatic rings. The van der Waals surface area contributed by atoms with Gasteiger partial charge in [0.1, 0.15) is 6.04 Å². The molecular weight excluding hydrogens is 426 g/mol. The van der Waals surface area contributed by atoms with Gasteiger partial charge in [-0.15, -0.1) is 0 Å². The Morgan fingerprint density at radius 3 is 2.47 bits per heavy atom. The zero-order chi connectivity index (χ0) is 22.3. The molecule has 0 bridgehead atoms. The Morgan fingerprint density at radius 2 is 1.83 bits per heavy atom. The third kappa shape index (κ3) is 4.35. The van der Waals surface area contributed by atoms with E-state index in [1.165, 1.54) is 11.0 Å². The first kappa shape index (κ1) is 23.0. The number of carbonyl (C=O) groups is 1. The second-order valence-electron chi connectivity index (χ2n) is 7.51. The van der Waals surface area contributed by atoms with E-state index in [-0.39, 0.29) is 19.6 Å². The van der Waals surface area contributed by atoms with Crippen molar-refractivity contribution in [3.05, 3.63) is 29.8 Å². The first-order valence-electron chi connectivity index (χ1n) is 9.48. The van der Waals surface area contributed by atoms with E-state index in [9.17, 15) is 36.4 Å². The van der Waals surface area contributed by atoms with Crippen LogP contribution in [0.3, 0.4) is 0 Å². The van der Waals surface area contributed by atoms with Gasteiger partial charge in [0.05, 0.1) is 16.4 Å². The van der Waals surface area contributed by atoms with Gasteiger partial charge in [0.15, 0.2) is 0 Å². The fourth-order valence-corrected chi connectivity index (χ4v) is 5.62. The van der Waals surface area contributed by atoms with Crippen molar-refractivity contribution < 1.29 is 36.4 Å². The molecule has 0 saturated carbocycles. The number of nitrogens with zero attached hydrogens (tertiary/aromatic N) is 3. The molecule has 0 aliphatic carbocycles. The predicted molar refractivity (Wildman–Crippen MR) is 102 cm³/mol. The highest BCUT2D eigenvalue weighted by Gasteiger charge is 2.45. The largest absolute Gasteiger partial charge is 0.475 e. The SMILES string of the molecule is CN1CCN(S(=O)(=O)c2ccccc2C(F)(F)F)CC1C(=O)N1CCC[C@H]1B(O)O. The maximum Gasteiger partial charge on any atom is 0.475 e. The smallest absolute Gasteiger partial charge is 0.426 e. The van der Waals surface area contributed by atoms with E-state index in [0.29, 0.717) is 25.5 Å². The van der Waals surface area contributed by atoms with Gasteiger partial charge in [-0.05, 0) is 32.0 Å². The molecule has 0 spiro atoms. The summed E-state index contributed by atoms with van der Waals surface area (Å²) in [5, 5.41) is 19.0. The highest BCUT2D eigenvalue weighted by molar-refractivity contribution is 7.89. The molecule has 1 aromatic rings. The lowest BCUT2D eigenvalue weighted by molar-refractivity contribution is -0.140. The quantitative estimate of drug-likeness (QED) is 0.629. The summed E-state index contributed by atoms with van der Waals surface area (Å²) in [5.41, 5.74) is -1.25. The predicted octanol–water partition coefficient (Wildman–Crippen LogP) is 0.0131. The zero-order valence-electron chi connectivity index (χ0n) is 16.3. The van der Waals surface area contributed by atoms with Crippen LogP contribution in [-0.2, 0) is 21.0 Å². The van der Waals surface area contributed by atoms with Crippen LogP contribution >= 0.6 is 0 Å². The van der Waals surface area contributed by atoms with Crippen molar-refractivity contribution in [1.29, 1.82) is 0 Å². The number of halogens is 3. The van der Waals surface area contributed by atoms with Crippen LogP contribution < -0.4 is 0 Å². The summed E-state index contributed by atoms with van der Waals surface area (Å²) in [6.07, 6.45) is -3.86. The van der Waals surface area contributed by atoms with E-state index in [1.807, 2.05) is 0 Å². The van der Waals surface area contributed by atoms with E-state index in [0.717, 1.165) is 16.4 Å². The van der Waals surface area contributed by atoms with Crippen molar-refractivity contribution in [3.8, 4) is 0 Å². The summed E-state index contributed by atoms with van der Waals surface area (Å²) in [6.45, 7) is 0.0502. The maximum absolute atomic E-state index is 13.3. The summed E-state index contributed by atoms with van der Waals surface area (Å²) in [5.74, 6) is -1.26. The number of hydrogen-bond donors (Lipinski definition) is 2. The topological polar surface area (TPSA) is 101 Å². The Hall–Kier alpha value is -1.67. The van der Waals surface area contributed by atoms with Crippen molar-refractivity contribution in [2.24, 2.45) is 0 Å². The molecule has 2 saturated heterocycles. The number of likely N-dealkylation sites (N-methyl/N-ethyl adjacent to an activating group) is 1. The molecule has 2 heterocycles. The van der Waals surface area contributed by atoms with Crippen molar-refractivity contribution in [2.75, 3.05) is 33.2 Å². The minimum Gasteiger partial charge on any atom is -0.426 e. The molecule has 166 valence electrons. The number of carbonyl (C=O) groups excluding carboxylic acids is 1. The zero-order valence-corrected chi connectivity index (χ0v) is 17.1. The van der Waals surface area contributed by atoms with Gasteiger partial charge >= 0.3 is 13.3 Å². The summed E-state index contributed by atoms with van der Waals surface area (Å²) in [6, 6.07) is 3.02. The highest BCUT2D eigenvalue weighted by atomic mass is 32.2.